The van der Waals surface area contributed by atoms with Crippen LogP contribution >= 0.6 is 0 Å². The molecule has 0 fully saturated rings. The van der Waals surface area contributed by atoms with Gasteiger partial charge in [-0.25, -0.2) is 9.67 Å². The van der Waals surface area contributed by atoms with Crippen molar-refractivity contribution in [2.45, 2.75) is 58.2 Å². The van der Waals surface area contributed by atoms with Crippen LogP contribution in [0.1, 0.15) is 55.8 Å². The number of hydrogen-bond acceptors (Lipinski definition) is 5. The molecule has 1 aromatic heterocycles. The first-order valence-electron chi connectivity index (χ1n) is 11.2. The monoisotopic (exact) mass is 435 g/mol. The zero-order valence-corrected chi connectivity index (χ0v) is 19.0. The van der Waals surface area contributed by atoms with E-state index in [1.165, 1.54) is 5.56 Å². The smallest absolute Gasteiger partial charge is 0.249 e. The Labute approximate surface area is 189 Å². The number of benzene rings is 2. The first kappa shape index (κ1) is 23.6. The van der Waals surface area contributed by atoms with Crippen LogP contribution in [0.3, 0.4) is 0 Å². The van der Waals surface area contributed by atoms with Crippen molar-refractivity contribution in [3.05, 3.63) is 77.9 Å². The number of nitrogens with one attached hydrogen (secondary N) is 2. The van der Waals surface area contributed by atoms with Crippen molar-refractivity contribution in [1.82, 2.24) is 20.1 Å². The number of aliphatic hydroxyl groups is 1. The van der Waals surface area contributed by atoms with Crippen LogP contribution in [-0.2, 0) is 11.2 Å². The van der Waals surface area contributed by atoms with Gasteiger partial charge < -0.3 is 15.7 Å². The molecule has 3 N–H and O–H groups in total. The summed E-state index contributed by atoms with van der Waals surface area (Å²) in [5, 5.41) is 21.4. The molecular formula is C25H33N5O2. The molecule has 0 aliphatic carbocycles. The number of carbonyl (C=O) groups excluding carboxylic acids is 1. The molecule has 3 rings (SSSR count). The van der Waals surface area contributed by atoms with E-state index in [-0.39, 0.29) is 11.9 Å². The molecule has 32 heavy (non-hydrogen) atoms. The van der Waals surface area contributed by atoms with Gasteiger partial charge >= 0.3 is 0 Å². The Morgan fingerprint density at radius 2 is 1.84 bits per heavy atom. The molecule has 7 nitrogen and oxygen atoms in total. The Bertz CT molecular complexity index is 972. The fourth-order valence-electron chi connectivity index (χ4n) is 3.64. The van der Waals surface area contributed by atoms with Gasteiger partial charge in [0.2, 0.25) is 5.91 Å². The molecule has 1 heterocycles. The highest BCUT2D eigenvalue weighted by atomic mass is 16.3. The van der Waals surface area contributed by atoms with E-state index in [0.717, 1.165) is 37.1 Å². The van der Waals surface area contributed by atoms with E-state index in [4.69, 9.17) is 0 Å². The summed E-state index contributed by atoms with van der Waals surface area (Å²) in [5.74, 6) is 0.502. The molecule has 0 saturated heterocycles. The number of amides is 1. The average Bonchev–Trinajstić information content (AvgIpc) is 3.25. The SMILES string of the molecule is CCC[C@@H](NCCc1ccc(NC(=O)C(C)n2cnc(C)n2)cc1)C(O)c1ccccc1. The van der Waals surface area contributed by atoms with Crippen LogP contribution in [0, 0.1) is 6.92 Å². The molecule has 2 unspecified atom stereocenters. The lowest BCUT2D eigenvalue weighted by Gasteiger charge is -2.24. The third-order valence-corrected chi connectivity index (χ3v) is 5.56. The summed E-state index contributed by atoms with van der Waals surface area (Å²) >= 11 is 0. The predicted molar refractivity (Wildman–Crippen MR) is 126 cm³/mol. The van der Waals surface area contributed by atoms with Gasteiger partial charge in [-0.2, -0.15) is 5.10 Å². The normalized spacial score (nSPS) is 14.0. The van der Waals surface area contributed by atoms with E-state index in [1.54, 1.807) is 24.9 Å². The molecule has 0 aliphatic heterocycles. The second-order valence-corrected chi connectivity index (χ2v) is 8.09. The molecule has 0 radical (unpaired) electrons. The number of carbonyl (C=O) groups is 1. The van der Waals surface area contributed by atoms with E-state index in [2.05, 4.69) is 27.6 Å². The van der Waals surface area contributed by atoms with Gasteiger partial charge in [0.25, 0.3) is 0 Å². The highest BCUT2D eigenvalue weighted by molar-refractivity contribution is 5.93. The second kappa shape index (κ2) is 11.5. The Hall–Kier alpha value is -3.03. The Morgan fingerprint density at radius 1 is 1.12 bits per heavy atom. The Morgan fingerprint density at radius 3 is 2.47 bits per heavy atom. The highest BCUT2D eigenvalue weighted by Gasteiger charge is 2.19. The highest BCUT2D eigenvalue weighted by Crippen LogP contribution is 2.20. The van der Waals surface area contributed by atoms with E-state index < -0.39 is 12.1 Å². The lowest BCUT2D eigenvalue weighted by molar-refractivity contribution is -0.119. The Kier molecular flexibility index (Phi) is 8.53. The van der Waals surface area contributed by atoms with Gasteiger partial charge in [0, 0.05) is 11.7 Å². The number of nitrogens with zero attached hydrogens (tertiary/aromatic N) is 3. The van der Waals surface area contributed by atoms with Gasteiger partial charge in [0.15, 0.2) is 0 Å². The third-order valence-electron chi connectivity index (χ3n) is 5.56. The number of aliphatic hydroxyl groups excluding tert-OH is 1. The number of aromatic nitrogens is 3. The Balaban J connectivity index is 1.50. The van der Waals surface area contributed by atoms with Crippen molar-refractivity contribution >= 4 is 11.6 Å². The summed E-state index contributed by atoms with van der Waals surface area (Å²) in [6.07, 6.45) is 3.79. The molecule has 7 heteroatoms. The minimum absolute atomic E-state index is 0.0165. The zero-order valence-electron chi connectivity index (χ0n) is 19.0. The summed E-state index contributed by atoms with van der Waals surface area (Å²) in [5.41, 5.74) is 2.85. The molecule has 170 valence electrons. The lowest BCUT2D eigenvalue weighted by Crippen LogP contribution is -2.36. The minimum Gasteiger partial charge on any atom is -0.387 e. The zero-order chi connectivity index (χ0) is 22.9. The number of rotatable bonds is 11. The van der Waals surface area contributed by atoms with Gasteiger partial charge in [0.05, 0.1) is 6.10 Å². The van der Waals surface area contributed by atoms with Gasteiger partial charge in [0.1, 0.15) is 18.2 Å². The molecule has 2 aromatic carbocycles. The van der Waals surface area contributed by atoms with E-state index in [1.807, 2.05) is 54.6 Å². The molecule has 1 amide bonds. The maximum atomic E-state index is 12.5. The van der Waals surface area contributed by atoms with E-state index >= 15 is 0 Å². The van der Waals surface area contributed by atoms with Gasteiger partial charge in [-0.3, -0.25) is 4.79 Å². The maximum absolute atomic E-state index is 12.5. The van der Waals surface area contributed by atoms with Crippen LogP contribution in [0.25, 0.3) is 0 Å². The summed E-state index contributed by atoms with van der Waals surface area (Å²) in [6.45, 7) is 6.48. The first-order valence-corrected chi connectivity index (χ1v) is 11.2. The minimum atomic E-state index is -0.524. The fourth-order valence-corrected chi connectivity index (χ4v) is 3.64. The van der Waals surface area contributed by atoms with Crippen molar-refractivity contribution in [3.8, 4) is 0 Å². The van der Waals surface area contributed by atoms with Crippen LogP contribution < -0.4 is 10.6 Å². The summed E-state index contributed by atoms with van der Waals surface area (Å²) < 4.78 is 1.56. The predicted octanol–water partition coefficient (Wildman–Crippen LogP) is 3.82. The van der Waals surface area contributed by atoms with Crippen LogP contribution in [0.2, 0.25) is 0 Å². The standard InChI is InChI=1S/C25H33N5O2/c1-4-8-23(24(31)21-9-6-5-7-10-21)26-16-15-20-11-13-22(14-12-20)28-25(32)18(2)30-17-27-19(3)29-30/h5-7,9-14,17-18,23-24,26,31H,4,8,15-16H2,1-3H3,(H,28,32)/t18?,23-,24?/m1/s1. The van der Waals surface area contributed by atoms with Crippen molar-refractivity contribution in [2.24, 2.45) is 0 Å². The second-order valence-electron chi connectivity index (χ2n) is 8.09. The van der Waals surface area contributed by atoms with Crippen molar-refractivity contribution in [3.63, 3.8) is 0 Å². The molecule has 0 aliphatic rings. The van der Waals surface area contributed by atoms with Crippen molar-refractivity contribution in [2.75, 3.05) is 11.9 Å². The average molecular weight is 436 g/mol. The summed E-state index contributed by atoms with van der Waals surface area (Å²) in [6, 6.07) is 17.2. The molecule has 0 bridgehead atoms. The van der Waals surface area contributed by atoms with Crippen LogP contribution in [0.4, 0.5) is 5.69 Å². The molecule has 3 aromatic rings. The van der Waals surface area contributed by atoms with E-state index in [0.29, 0.717) is 5.82 Å². The molecule has 0 spiro atoms. The van der Waals surface area contributed by atoms with Gasteiger partial charge in [-0.15, -0.1) is 0 Å². The van der Waals surface area contributed by atoms with Gasteiger partial charge in [-0.1, -0.05) is 55.8 Å². The fraction of sp³-hybridized carbons (Fsp3) is 0.400. The quantitative estimate of drug-likeness (QED) is 0.426. The van der Waals surface area contributed by atoms with Crippen LogP contribution in [0.5, 0.6) is 0 Å². The number of anilines is 1. The summed E-state index contributed by atoms with van der Waals surface area (Å²) in [7, 11) is 0. The van der Waals surface area contributed by atoms with Crippen molar-refractivity contribution < 1.29 is 9.90 Å². The topological polar surface area (TPSA) is 92.1 Å². The van der Waals surface area contributed by atoms with E-state index in [9.17, 15) is 9.90 Å². The lowest BCUT2D eigenvalue weighted by atomic mass is 9.98. The largest absolute Gasteiger partial charge is 0.387 e. The number of hydrogen-bond donors (Lipinski definition) is 3. The van der Waals surface area contributed by atoms with Crippen molar-refractivity contribution in [1.29, 1.82) is 0 Å². The van der Waals surface area contributed by atoms with Crippen LogP contribution in [-0.4, -0.2) is 38.4 Å². The molecular weight excluding hydrogens is 402 g/mol. The molecule has 0 saturated carbocycles. The molecule has 3 atom stereocenters. The first-order chi connectivity index (χ1) is 15.5. The summed E-state index contributed by atoms with van der Waals surface area (Å²) in [4.78, 5) is 16.5. The maximum Gasteiger partial charge on any atom is 0.249 e. The van der Waals surface area contributed by atoms with Gasteiger partial charge in [-0.05, 0) is 56.5 Å². The third kappa shape index (κ3) is 6.48. The van der Waals surface area contributed by atoms with Crippen LogP contribution in [0.15, 0.2) is 60.9 Å². The number of aryl methyl sites for hydroxylation is 1.